The minimum Gasteiger partial charge on any atom is -0.478 e. The van der Waals surface area contributed by atoms with Crippen molar-refractivity contribution in [2.45, 2.75) is 32.7 Å². The van der Waals surface area contributed by atoms with E-state index in [1.165, 1.54) is 5.56 Å². The van der Waals surface area contributed by atoms with Crippen LogP contribution in [0.5, 0.6) is 0 Å². The second kappa shape index (κ2) is 9.34. The number of hydrogen-bond donors (Lipinski definition) is 1. The molecular weight excluding hydrogens is 388 g/mol. The van der Waals surface area contributed by atoms with Gasteiger partial charge in [0, 0.05) is 24.6 Å². The monoisotopic (exact) mass is 412 g/mol. The van der Waals surface area contributed by atoms with Crippen LogP contribution in [0.15, 0.2) is 72.9 Å². The fraction of sp³-hybridized carbons (Fsp3) is 0.200. The lowest BCUT2D eigenvalue weighted by atomic mass is 10.0. The maximum atomic E-state index is 11.5. The summed E-state index contributed by atoms with van der Waals surface area (Å²) in [4.78, 5) is 20.8. The molecule has 0 saturated carbocycles. The average Bonchev–Trinajstić information content (AvgIpc) is 3.16. The van der Waals surface area contributed by atoms with E-state index in [1.807, 2.05) is 41.1 Å². The lowest BCUT2D eigenvalue weighted by molar-refractivity contribution is 0.0697. The van der Waals surface area contributed by atoms with E-state index in [9.17, 15) is 9.90 Å². The topological polar surface area (TPSA) is 80.9 Å². The van der Waals surface area contributed by atoms with E-state index in [0.717, 1.165) is 35.7 Å². The molecule has 0 fully saturated rings. The Hall–Kier alpha value is -3.80. The van der Waals surface area contributed by atoms with Gasteiger partial charge in [0.15, 0.2) is 5.82 Å². The van der Waals surface area contributed by atoms with Gasteiger partial charge in [-0.1, -0.05) is 61.5 Å². The van der Waals surface area contributed by atoms with Crippen LogP contribution in [0.25, 0.3) is 11.1 Å². The summed E-state index contributed by atoms with van der Waals surface area (Å²) in [7, 11) is 0. The van der Waals surface area contributed by atoms with Gasteiger partial charge in [0.05, 0.1) is 17.8 Å². The minimum atomic E-state index is -0.947. The maximum Gasteiger partial charge on any atom is 0.336 e. The molecule has 6 nitrogen and oxygen atoms in total. The van der Waals surface area contributed by atoms with Crippen LogP contribution in [-0.4, -0.2) is 30.8 Å². The van der Waals surface area contributed by atoms with Crippen LogP contribution < -0.4 is 0 Å². The fourth-order valence-electron chi connectivity index (χ4n) is 3.57. The van der Waals surface area contributed by atoms with Gasteiger partial charge in [-0.3, -0.25) is 4.98 Å². The van der Waals surface area contributed by atoms with Crippen LogP contribution in [0.3, 0.4) is 0 Å². The Morgan fingerprint density at radius 2 is 1.77 bits per heavy atom. The van der Waals surface area contributed by atoms with Crippen LogP contribution >= 0.6 is 0 Å². The second-order valence-corrected chi connectivity index (χ2v) is 7.40. The number of hydrogen-bond acceptors (Lipinski definition) is 4. The summed E-state index contributed by atoms with van der Waals surface area (Å²) in [6.07, 6.45) is 4.26. The van der Waals surface area contributed by atoms with E-state index in [4.69, 9.17) is 10.1 Å². The molecule has 0 aliphatic heterocycles. The molecule has 0 atom stereocenters. The summed E-state index contributed by atoms with van der Waals surface area (Å²) in [5.74, 6) is 0.814. The van der Waals surface area contributed by atoms with Crippen LogP contribution in [0.1, 0.15) is 46.6 Å². The average molecular weight is 412 g/mol. The quantitative estimate of drug-likeness (QED) is 0.456. The Morgan fingerprint density at radius 1 is 1.00 bits per heavy atom. The highest BCUT2D eigenvalue weighted by molar-refractivity contribution is 5.95. The maximum absolute atomic E-state index is 11.5. The van der Waals surface area contributed by atoms with Crippen LogP contribution in [0.4, 0.5) is 0 Å². The number of aryl methyl sites for hydroxylation is 1. The fourth-order valence-corrected chi connectivity index (χ4v) is 3.57. The number of benzene rings is 2. The Labute approximate surface area is 181 Å². The van der Waals surface area contributed by atoms with Crippen LogP contribution in [0.2, 0.25) is 0 Å². The van der Waals surface area contributed by atoms with Gasteiger partial charge >= 0.3 is 5.97 Å². The molecule has 31 heavy (non-hydrogen) atoms. The molecule has 0 bridgehead atoms. The molecule has 0 radical (unpaired) electrons. The number of aromatic carboxylic acids is 1. The second-order valence-electron chi connectivity index (χ2n) is 7.40. The molecule has 0 amide bonds. The van der Waals surface area contributed by atoms with E-state index in [2.05, 4.69) is 24.0 Å². The highest BCUT2D eigenvalue weighted by Crippen LogP contribution is 2.23. The van der Waals surface area contributed by atoms with E-state index < -0.39 is 5.97 Å². The normalized spacial score (nSPS) is 10.9. The molecule has 2 aromatic heterocycles. The first-order valence-electron chi connectivity index (χ1n) is 10.4. The lowest BCUT2D eigenvalue weighted by Crippen LogP contribution is -2.08. The zero-order valence-electron chi connectivity index (χ0n) is 17.4. The van der Waals surface area contributed by atoms with Crippen molar-refractivity contribution in [1.29, 1.82) is 0 Å². The third-order valence-corrected chi connectivity index (χ3v) is 5.08. The number of carbonyl (C=O) groups is 1. The molecule has 4 rings (SSSR count). The first-order chi connectivity index (χ1) is 15.1. The van der Waals surface area contributed by atoms with Crippen molar-refractivity contribution in [1.82, 2.24) is 19.7 Å². The van der Waals surface area contributed by atoms with Crippen LogP contribution in [0, 0.1) is 0 Å². The molecule has 4 aromatic rings. The predicted molar refractivity (Wildman–Crippen MR) is 119 cm³/mol. The highest BCUT2D eigenvalue weighted by Gasteiger charge is 2.13. The molecule has 0 spiro atoms. The number of aromatic nitrogens is 4. The molecule has 0 aliphatic rings. The van der Waals surface area contributed by atoms with Crippen molar-refractivity contribution in [3.63, 3.8) is 0 Å². The molecule has 6 heteroatoms. The van der Waals surface area contributed by atoms with Gasteiger partial charge in [0.25, 0.3) is 0 Å². The molecular formula is C25H24N4O2. The van der Waals surface area contributed by atoms with Gasteiger partial charge in [-0.05, 0) is 29.7 Å². The summed E-state index contributed by atoms with van der Waals surface area (Å²) in [6.45, 7) is 2.65. The highest BCUT2D eigenvalue weighted by atomic mass is 16.4. The Balaban J connectivity index is 1.56. The third kappa shape index (κ3) is 4.86. The van der Waals surface area contributed by atoms with E-state index in [0.29, 0.717) is 18.5 Å². The van der Waals surface area contributed by atoms with Crippen molar-refractivity contribution in [3.05, 3.63) is 101 Å². The van der Waals surface area contributed by atoms with Crippen molar-refractivity contribution in [3.8, 4) is 11.1 Å². The summed E-state index contributed by atoms with van der Waals surface area (Å²) in [6, 6.07) is 21.0. The van der Waals surface area contributed by atoms with Crippen molar-refractivity contribution < 1.29 is 9.90 Å². The summed E-state index contributed by atoms with van der Waals surface area (Å²) in [5.41, 5.74) is 3.74. The molecule has 0 unspecified atom stereocenters. The number of carboxylic acid groups (broad SMARTS) is 1. The van der Waals surface area contributed by atoms with Crippen molar-refractivity contribution in [2.24, 2.45) is 0 Å². The Morgan fingerprint density at radius 3 is 2.48 bits per heavy atom. The molecule has 0 aliphatic carbocycles. The van der Waals surface area contributed by atoms with E-state index in [-0.39, 0.29) is 5.56 Å². The largest absolute Gasteiger partial charge is 0.478 e. The van der Waals surface area contributed by atoms with Crippen molar-refractivity contribution in [2.75, 3.05) is 0 Å². The molecule has 156 valence electrons. The van der Waals surface area contributed by atoms with Gasteiger partial charge < -0.3 is 5.11 Å². The third-order valence-electron chi connectivity index (χ3n) is 5.08. The van der Waals surface area contributed by atoms with Crippen LogP contribution in [-0.2, 0) is 19.4 Å². The number of carboxylic acids is 1. The predicted octanol–water partition coefficient (Wildman–Crippen LogP) is 4.63. The van der Waals surface area contributed by atoms with Gasteiger partial charge in [-0.15, -0.1) is 0 Å². The van der Waals surface area contributed by atoms with Gasteiger partial charge in [-0.2, -0.15) is 5.10 Å². The molecule has 2 aromatic carbocycles. The number of pyridine rings is 1. The standard InChI is InChI=1S/C25H24N4O2/c1-2-8-24-27-23(15-18-9-4-3-5-10-18)28-29(24)17-20-14-13-19(16-26-20)21-11-6-7-12-22(21)25(30)31/h3-7,9-14,16H,2,8,15,17H2,1H3,(H,30,31). The molecule has 1 N–H and O–H groups in total. The Kier molecular flexibility index (Phi) is 6.17. The van der Waals surface area contributed by atoms with Gasteiger partial charge in [0.1, 0.15) is 5.82 Å². The Bertz CT molecular complexity index is 1170. The van der Waals surface area contributed by atoms with Gasteiger partial charge in [0.2, 0.25) is 0 Å². The number of rotatable bonds is 8. The van der Waals surface area contributed by atoms with Crippen molar-refractivity contribution >= 4 is 5.97 Å². The zero-order valence-corrected chi connectivity index (χ0v) is 17.4. The first kappa shape index (κ1) is 20.5. The molecule has 2 heterocycles. The lowest BCUT2D eigenvalue weighted by Gasteiger charge is -2.08. The van der Waals surface area contributed by atoms with E-state index >= 15 is 0 Å². The summed E-state index contributed by atoms with van der Waals surface area (Å²) in [5, 5.41) is 14.2. The van der Waals surface area contributed by atoms with E-state index in [1.54, 1.807) is 24.4 Å². The smallest absolute Gasteiger partial charge is 0.336 e. The summed E-state index contributed by atoms with van der Waals surface area (Å²) >= 11 is 0. The zero-order chi connectivity index (χ0) is 21.6. The molecule has 0 saturated heterocycles. The SMILES string of the molecule is CCCc1nc(Cc2ccccc2)nn1Cc1ccc(-c2ccccc2C(=O)O)cn1. The minimum absolute atomic E-state index is 0.268. The first-order valence-corrected chi connectivity index (χ1v) is 10.4. The summed E-state index contributed by atoms with van der Waals surface area (Å²) < 4.78 is 1.93. The number of nitrogens with zero attached hydrogens (tertiary/aromatic N) is 4. The van der Waals surface area contributed by atoms with Gasteiger partial charge in [-0.25, -0.2) is 14.5 Å².